The zero-order valence-electron chi connectivity index (χ0n) is 10.6. The van der Waals surface area contributed by atoms with Gasteiger partial charge in [0.15, 0.2) is 5.78 Å². The molecule has 3 nitrogen and oxygen atoms in total. The number of rotatable bonds is 5. The molecule has 88 valence electrons. The summed E-state index contributed by atoms with van der Waals surface area (Å²) in [7, 11) is 1.85. The molecule has 0 N–H and O–H groups in total. The van der Waals surface area contributed by atoms with E-state index in [1.165, 1.54) is 0 Å². The van der Waals surface area contributed by atoms with Gasteiger partial charge in [-0.15, -0.1) is 0 Å². The molecule has 3 heteroatoms. The van der Waals surface area contributed by atoms with Crippen LogP contribution < -0.4 is 0 Å². The van der Waals surface area contributed by atoms with Crippen molar-refractivity contribution in [3.05, 3.63) is 23.5 Å². The van der Waals surface area contributed by atoms with Gasteiger partial charge in [0.25, 0.3) is 0 Å². The highest BCUT2D eigenvalue weighted by Gasteiger charge is 2.21. The van der Waals surface area contributed by atoms with Crippen molar-refractivity contribution in [1.29, 1.82) is 0 Å². The highest BCUT2D eigenvalue weighted by atomic mass is 16.1. The van der Waals surface area contributed by atoms with Gasteiger partial charge in [0.05, 0.1) is 17.0 Å². The van der Waals surface area contributed by atoms with Gasteiger partial charge in [0, 0.05) is 13.5 Å². The van der Waals surface area contributed by atoms with E-state index in [0.717, 1.165) is 23.4 Å². The number of aromatic nitrogens is 2. The second-order valence-electron chi connectivity index (χ2n) is 4.30. The van der Waals surface area contributed by atoms with Crippen LogP contribution in [0.15, 0.2) is 6.58 Å². The quantitative estimate of drug-likeness (QED) is 0.714. The minimum atomic E-state index is 0.175. The van der Waals surface area contributed by atoms with Crippen molar-refractivity contribution in [2.45, 2.75) is 39.5 Å². The summed E-state index contributed by atoms with van der Waals surface area (Å²) in [5.74, 6) is 0.435. The number of ketones is 1. The molecule has 0 aliphatic carbocycles. The number of carbonyl (C=O) groups excluding carboxylic acids is 1. The van der Waals surface area contributed by atoms with Crippen molar-refractivity contribution < 1.29 is 4.79 Å². The second kappa shape index (κ2) is 5.10. The number of nitrogens with zero attached hydrogens (tertiary/aromatic N) is 2. The van der Waals surface area contributed by atoms with Crippen molar-refractivity contribution in [2.24, 2.45) is 7.05 Å². The van der Waals surface area contributed by atoms with Crippen LogP contribution in [0.3, 0.4) is 0 Å². The van der Waals surface area contributed by atoms with E-state index >= 15 is 0 Å². The van der Waals surface area contributed by atoms with Gasteiger partial charge in [-0.05, 0) is 18.4 Å². The van der Waals surface area contributed by atoms with E-state index in [-0.39, 0.29) is 11.7 Å². The molecule has 0 amide bonds. The van der Waals surface area contributed by atoms with Crippen molar-refractivity contribution in [2.75, 3.05) is 0 Å². The van der Waals surface area contributed by atoms with Gasteiger partial charge in [-0.25, -0.2) is 0 Å². The van der Waals surface area contributed by atoms with Gasteiger partial charge in [-0.2, -0.15) is 5.10 Å². The predicted molar refractivity (Wildman–Crippen MR) is 66.6 cm³/mol. The molecule has 0 fully saturated rings. The fraction of sp³-hybridized carbons (Fsp3) is 0.538. The minimum absolute atomic E-state index is 0.175. The average Bonchev–Trinajstić information content (AvgIpc) is 2.55. The van der Waals surface area contributed by atoms with Crippen molar-refractivity contribution in [1.82, 2.24) is 9.78 Å². The molecule has 0 aliphatic rings. The topological polar surface area (TPSA) is 34.9 Å². The maximum Gasteiger partial charge on any atom is 0.166 e. The van der Waals surface area contributed by atoms with Crippen LogP contribution in [0.25, 0.3) is 6.08 Å². The van der Waals surface area contributed by atoms with Gasteiger partial charge in [0.1, 0.15) is 0 Å². The van der Waals surface area contributed by atoms with Crippen molar-refractivity contribution >= 4 is 11.9 Å². The van der Waals surface area contributed by atoms with E-state index in [0.29, 0.717) is 6.42 Å². The number of hydrogen-bond donors (Lipinski definition) is 0. The van der Waals surface area contributed by atoms with E-state index in [9.17, 15) is 4.79 Å². The summed E-state index contributed by atoms with van der Waals surface area (Å²) in [5, 5.41) is 4.41. The lowest BCUT2D eigenvalue weighted by Gasteiger charge is -2.04. The van der Waals surface area contributed by atoms with E-state index in [2.05, 4.69) is 25.5 Å². The first kappa shape index (κ1) is 12.7. The van der Waals surface area contributed by atoms with Crippen LogP contribution in [0.2, 0.25) is 0 Å². The van der Waals surface area contributed by atoms with E-state index < -0.39 is 0 Å². The number of Topliss-reactive ketones (excluding diaryl/α,β-unsaturated/α-hetero) is 1. The first-order chi connectivity index (χ1) is 7.52. The lowest BCUT2D eigenvalue weighted by Crippen LogP contribution is -2.04. The lowest BCUT2D eigenvalue weighted by molar-refractivity contribution is 0.0980. The highest BCUT2D eigenvalue weighted by Crippen LogP contribution is 2.24. The Bertz CT molecular complexity index is 402. The molecule has 0 aliphatic heterocycles. The van der Waals surface area contributed by atoms with Crippen LogP contribution in [0.1, 0.15) is 61.3 Å². The molecule has 16 heavy (non-hydrogen) atoms. The van der Waals surface area contributed by atoms with Crippen molar-refractivity contribution in [3.8, 4) is 0 Å². The fourth-order valence-electron chi connectivity index (χ4n) is 1.83. The number of hydrogen-bond acceptors (Lipinski definition) is 2. The van der Waals surface area contributed by atoms with Crippen LogP contribution >= 0.6 is 0 Å². The van der Waals surface area contributed by atoms with Crippen LogP contribution in [-0.4, -0.2) is 15.6 Å². The molecule has 0 saturated carbocycles. The first-order valence-electron chi connectivity index (χ1n) is 5.75. The summed E-state index contributed by atoms with van der Waals surface area (Å²) in [6.07, 6.45) is 3.15. The fourth-order valence-corrected chi connectivity index (χ4v) is 1.83. The smallest absolute Gasteiger partial charge is 0.166 e. The Labute approximate surface area is 97.2 Å². The van der Waals surface area contributed by atoms with Gasteiger partial charge in [0.2, 0.25) is 0 Å². The van der Waals surface area contributed by atoms with Gasteiger partial charge in [-0.3, -0.25) is 9.48 Å². The molecule has 0 unspecified atom stereocenters. The zero-order chi connectivity index (χ0) is 12.3. The van der Waals surface area contributed by atoms with E-state index in [1.807, 2.05) is 14.0 Å². The summed E-state index contributed by atoms with van der Waals surface area (Å²) in [4.78, 5) is 12.1. The standard InChI is InChI=1S/C13H20N2O/c1-6-8-11(16)12-10(7-2)15(5)14-13(12)9(3)4/h7,9H,2,6,8H2,1,3-5H3. The Balaban J connectivity index is 3.31. The van der Waals surface area contributed by atoms with Gasteiger partial charge >= 0.3 is 0 Å². The molecule has 1 aromatic heterocycles. The molecule has 1 heterocycles. The second-order valence-corrected chi connectivity index (χ2v) is 4.30. The maximum atomic E-state index is 12.1. The summed E-state index contributed by atoms with van der Waals surface area (Å²) < 4.78 is 1.74. The van der Waals surface area contributed by atoms with Crippen LogP contribution in [0, 0.1) is 0 Å². The molecule has 1 rings (SSSR count). The normalized spacial score (nSPS) is 10.8. The molecule has 0 bridgehead atoms. The number of carbonyl (C=O) groups is 1. The van der Waals surface area contributed by atoms with Gasteiger partial charge < -0.3 is 0 Å². The van der Waals surface area contributed by atoms with E-state index in [4.69, 9.17) is 0 Å². The summed E-state index contributed by atoms with van der Waals surface area (Å²) >= 11 is 0. The Morgan fingerprint density at radius 1 is 1.56 bits per heavy atom. The molecular formula is C13H20N2O. The van der Waals surface area contributed by atoms with Crippen LogP contribution in [0.5, 0.6) is 0 Å². The molecule has 1 aromatic rings. The van der Waals surface area contributed by atoms with Gasteiger partial charge in [-0.1, -0.05) is 27.4 Å². The Kier molecular flexibility index (Phi) is 4.05. The third kappa shape index (κ3) is 2.23. The highest BCUT2D eigenvalue weighted by molar-refractivity contribution is 6.00. The molecule has 0 atom stereocenters. The summed E-state index contributed by atoms with van der Waals surface area (Å²) in [6, 6.07) is 0. The number of aryl methyl sites for hydroxylation is 1. The monoisotopic (exact) mass is 220 g/mol. The Hall–Kier alpha value is -1.38. The zero-order valence-corrected chi connectivity index (χ0v) is 10.6. The maximum absolute atomic E-state index is 12.1. The Morgan fingerprint density at radius 2 is 2.19 bits per heavy atom. The summed E-state index contributed by atoms with van der Waals surface area (Å²) in [5.41, 5.74) is 2.48. The average molecular weight is 220 g/mol. The molecular weight excluding hydrogens is 200 g/mol. The molecule has 0 saturated heterocycles. The van der Waals surface area contributed by atoms with Crippen LogP contribution in [0.4, 0.5) is 0 Å². The molecule has 0 aromatic carbocycles. The van der Waals surface area contributed by atoms with Crippen molar-refractivity contribution in [3.63, 3.8) is 0 Å². The van der Waals surface area contributed by atoms with Crippen LogP contribution in [-0.2, 0) is 7.05 Å². The molecule has 0 radical (unpaired) electrons. The Morgan fingerprint density at radius 3 is 2.62 bits per heavy atom. The first-order valence-corrected chi connectivity index (χ1v) is 5.75. The SMILES string of the molecule is C=Cc1c(C(=O)CCC)c(C(C)C)nn1C. The third-order valence-electron chi connectivity index (χ3n) is 2.61. The summed E-state index contributed by atoms with van der Waals surface area (Å²) in [6.45, 7) is 9.87. The third-order valence-corrected chi connectivity index (χ3v) is 2.61. The predicted octanol–water partition coefficient (Wildman–Crippen LogP) is 3.17. The molecule has 0 spiro atoms. The lowest BCUT2D eigenvalue weighted by atomic mass is 9.98. The largest absolute Gasteiger partial charge is 0.294 e. The van der Waals surface area contributed by atoms with E-state index in [1.54, 1.807) is 10.8 Å². The minimum Gasteiger partial charge on any atom is -0.294 e.